The second-order valence-electron chi connectivity index (χ2n) is 6.97. The number of hydrogen-bond donors (Lipinski definition) is 0. The number of nitrogens with zero attached hydrogens (tertiary/aromatic N) is 3. The molecule has 3 aliphatic rings. The molecule has 126 valence electrons. The summed E-state index contributed by atoms with van der Waals surface area (Å²) in [5.41, 5.74) is 0.472. The van der Waals surface area contributed by atoms with Crippen LogP contribution >= 0.6 is 0 Å². The molecule has 2 saturated heterocycles. The van der Waals surface area contributed by atoms with Crippen molar-refractivity contribution in [2.45, 2.75) is 44.1 Å². The predicted octanol–water partition coefficient (Wildman–Crippen LogP) is 1.88. The molecule has 0 aromatic carbocycles. The van der Waals surface area contributed by atoms with Gasteiger partial charge < -0.3 is 14.2 Å². The maximum atomic E-state index is 12.6. The van der Waals surface area contributed by atoms with Gasteiger partial charge in [-0.1, -0.05) is 5.16 Å². The summed E-state index contributed by atoms with van der Waals surface area (Å²) in [6.07, 6.45) is 6.05. The van der Waals surface area contributed by atoms with Crippen molar-refractivity contribution >= 4 is 5.91 Å². The van der Waals surface area contributed by atoms with Gasteiger partial charge >= 0.3 is 0 Å². The van der Waals surface area contributed by atoms with E-state index >= 15 is 0 Å². The van der Waals surface area contributed by atoms with E-state index in [1.54, 1.807) is 0 Å². The Hall–Kier alpha value is -1.40. The molecule has 0 N–H and O–H groups in total. The zero-order valence-electron chi connectivity index (χ0n) is 13.6. The van der Waals surface area contributed by atoms with Gasteiger partial charge in [0, 0.05) is 44.8 Å². The van der Waals surface area contributed by atoms with E-state index in [0.717, 1.165) is 64.4 Å². The lowest BCUT2D eigenvalue weighted by Crippen LogP contribution is -2.37. The van der Waals surface area contributed by atoms with Gasteiger partial charge in [0.05, 0.1) is 6.10 Å². The quantitative estimate of drug-likeness (QED) is 0.848. The topological polar surface area (TPSA) is 58.8 Å². The van der Waals surface area contributed by atoms with Gasteiger partial charge in [0.1, 0.15) is 5.76 Å². The number of carbonyl (C=O) groups is 1. The highest BCUT2D eigenvalue weighted by molar-refractivity contribution is 5.92. The fourth-order valence-electron chi connectivity index (χ4n) is 3.55. The average Bonchev–Trinajstić information content (AvgIpc) is 3.15. The minimum Gasteiger partial charge on any atom is -0.377 e. The van der Waals surface area contributed by atoms with Crippen LogP contribution in [-0.2, 0) is 4.74 Å². The van der Waals surface area contributed by atoms with Crippen LogP contribution in [0.5, 0.6) is 0 Å². The third-order valence-electron chi connectivity index (χ3n) is 5.09. The molecule has 1 atom stereocenters. The highest BCUT2D eigenvalue weighted by atomic mass is 16.5. The molecule has 6 heteroatoms. The highest BCUT2D eigenvalue weighted by Crippen LogP contribution is 2.40. The second-order valence-corrected chi connectivity index (χ2v) is 6.97. The molecule has 0 spiro atoms. The maximum absolute atomic E-state index is 12.6. The van der Waals surface area contributed by atoms with Gasteiger partial charge in [-0.15, -0.1) is 0 Å². The first-order valence-electron chi connectivity index (χ1n) is 8.89. The van der Waals surface area contributed by atoms with Crippen LogP contribution < -0.4 is 0 Å². The molecule has 0 unspecified atom stereocenters. The van der Waals surface area contributed by atoms with Crippen molar-refractivity contribution in [1.82, 2.24) is 15.0 Å². The van der Waals surface area contributed by atoms with E-state index in [1.165, 1.54) is 12.8 Å². The van der Waals surface area contributed by atoms with E-state index in [0.29, 0.717) is 17.7 Å². The number of ether oxygens (including phenoxy) is 1. The van der Waals surface area contributed by atoms with Crippen molar-refractivity contribution in [3.8, 4) is 0 Å². The number of amides is 1. The summed E-state index contributed by atoms with van der Waals surface area (Å²) in [4.78, 5) is 17.0. The van der Waals surface area contributed by atoms with Crippen molar-refractivity contribution < 1.29 is 14.1 Å². The molecule has 1 aromatic rings. The van der Waals surface area contributed by atoms with Crippen LogP contribution in [0.15, 0.2) is 10.6 Å². The van der Waals surface area contributed by atoms with E-state index < -0.39 is 0 Å². The fourth-order valence-corrected chi connectivity index (χ4v) is 3.55. The molecule has 2 aliphatic heterocycles. The van der Waals surface area contributed by atoms with Gasteiger partial charge in [0.2, 0.25) is 0 Å². The van der Waals surface area contributed by atoms with E-state index in [4.69, 9.17) is 9.26 Å². The van der Waals surface area contributed by atoms with Gasteiger partial charge in [-0.25, -0.2) is 0 Å². The molecule has 3 fully saturated rings. The van der Waals surface area contributed by atoms with Crippen LogP contribution in [-0.4, -0.2) is 66.3 Å². The van der Waals surface area contributed by atoms with Crippen LogP contribution in [0.3, 0.4) is 0 Å². The van der Waals surface area contributed by atoms with E-state index in [2.05, 4.69) is 10.1 Å². The molecule has 4 rings (SSSR count). The van der Waals surface area contributed by atoms with Crippen LogP contribution in [0.2, 0.25) is 0 Å². The van der Waals surface area contributed by atoms with Gasteiger partial charge in [0.25, 0.3) is 5.91 Å². The summed E-state index contributed by atoms with van der Waals surface area (Å²) < 4.78 is 11.0. The zero-order valence-corrected chi connectivity index (χ0v) is 13.6. The fraction of sp³-hybridized carbons (Fsp3) is 0.765. The molecule has 23 heavy (non-hydrogen) atoms. The maximum Gasteiger partial charge on any atom is 0.276 e. The predicted molar refractivity (Wildman–Crippen MR) is 84.4 cm³/mol. The molecule has 0 radical (unpaired) electrons. The summed E-state index contributed by atoms with van der Waals surface area (Å²) in [7, 11) is 0. The van der Waals surface area contributed by atoms with Gasteiger partial charge in [0.15, 0.2) is 5.69 Å². The van der Waals surface area contributed by atoms with Crippen molar-refractivity contribution in [3.05, 3.63) is 17.5 Å². The van der Waals surface area contributed by atoms with Crippen LogP contribution in [0.1, 0.15) is 54.3 Å². The summed E-state index contributed by atoms with van der Waals surface area (Å²) in [6.45, 7) is 5.41. The Bertz CT molecular complexity index is 549. The van der Waals surface area contributed by atoms with Crippen molar-refractivity contribution in [2.75, 3.05) is 39.3 Å². The first-order valence-corrected chi connectivity index (χ1v) is 8.89. The van der Waals surface area contributed by atoms with Crippen molar-refractivity contribution in [3.63, 3.8) is 0 Å². The minimum absolute atomic E-state index is 0.0135. The largest absolute Gasteiger partial charge is 0.377 e. The monoisotopic (exact) mass is 319 g/mol. The number of rotatable bonds is 4. The highest BCUT2D eigenvalue weighted by Gasteiger charge is 2.30. The molecule has 1 aliphatic carbocycles. The standard InChI is InChI=1S/C17H25N3O3/c21-17(15-11-16(23-18-15)13-4-5-13)20-7-2-6-19(8-9-20)12-14-3-1-10-22-14/h11,13-14H,1-10,12H2/t14-/m1/s1. The number of aromatic nitrogens is 1. The van der Waals surface area contributed by atoms with Gasteiger partial charge in [-0.05, 0) is 38.6 Å². The van der Waals surface area contributed by atoms with Crippen LogP contribution in [0.25, 0.3) is 0 Å². The molecule has 3 heterocycles. The summed E-state index contributed by atoms with van der Waals surface area (Å²) >= 11 is 0. The van der Waals surface area contributed by atoms with Gasteiger partial charge in [-0.2, -0.15) is 0 Å². The van der Waals surface area contributed by atoms with E-state index in [9.17, 15) is 4.79 Å². The normalized spacial score (nSPS) is 26.4. The summed E-state index contributed by atoms with van der Waals surface area (Å²) in [5.74, 6) is 1.39. The summed E-state index contributed by atoms with van der Waals surface area (Å²) in [6, 6.07) is 1.84. The lowest BCUT2D eigenvalue weighted by molar-refractivity contribution is 0.0699. The Morgan fingerprint density at radius 3 is 2.87 bits per heavy atom. The Morgan fingerprint density at radius 1 is 1.17 bits per heavy atom. The molecule has 1 saturated carbocycles. The Kier molecular flexibility index (Phi) is 4.35. The Balaban J connectivity index is 1.32. The second kappa shape index (κ2) is 6.61. The zero-order chi connectivity index (χ0) is 15.6. The summed E-state index contributed by atoms with van der Waals surface area (Å²) in [5, 5.41) is 3.99. The SMILES string of the molecule is O=C(c1cc(C2CC2)on1)N1CCCN(C[C@H]2CCCO2)CC1. The first kappa shape index (κ1) is 15.1. The van der Waals surface area contributed by atoms with E-state index in [-0.39, 0.29) is 5.91 Å². The minimum atomic E-state index is 0.0135. The third kappa shape index (κ3) is 3.58. The first-order chi connectivity index (χ1) is 11.3. The van der Waals surface area contributed by atoms with Crippen molar-refractivity contribution in [2.24, 2.45) is 0 Å². The third-order valence-corrected chi connectivity index (χ3v) is 5.09. The Morgan fingerprint density at radius 2 is 2.09 bits per heavy atom. The van der Waals surface area contributed by atoms with Crippen molar-refractivity contribution in [1.29, 1.82) is 0 Å². The lowest BCUT2D eigenvalue weighted by atomic mass is 10.2. The van der Waals surface area contributed by atoms with Gasteiger partial charge in [-0.3, -0.25) is 9.69 Å². The van der Waals surface area contributed by atoms with Crippen LogP contribution in [0.4, 0.5) is 0 Å². The smallest absolute Gasteiger partial charge is 0.276 e. The van der Waals surface area contributed by atoms with E-state index in [1.807, 2.05) is 11.0 Å². The number of hydrogen-bond acceptors (Lipinski definition) is 5. The average molecular weight is 319 g/mol. The molecule has 6 nitrogen and oxygen atoms in total. The molecular weight excluding hydrogens is 294 g/mol. The molecule has 1 aromatic heterocycles. The lowest BCUT2D eigenvalue weighted by Gasteiger charge is -2.23. The number of carbonyl (C=O) groups excluding carboxylic acids is 1. The Labute approximate surface area is 136 Å². The molecular formula is C17H25N3O3. The molecule has 1 amide bonds. The molecule has 0 bridgehead atoms. The van der Waals surface area contributed by atoms with Crippen LogP contribution in [0, 0.1) is 0 Å².